The number of benzene rings is 4. The van der Waals surface area contributed by atoms with Crippen LogP contribution in [0.1, 0.15) is 0 Å². The van der Waals surface area contributed by atoms with Gasteiger partial charge in [0.1, 0.15) is 0 Å². The Balaban J connectivity index is 1.79. The van der Waals surface area contributed by atoms with Gasteiger partial charge < -0.3 is 9.50 Å². The fourth-order valence-electron chi connectivity index (χ4n) is 3.75. The molecule has 0 heterocycles. The Labute approximate surface area is 227 Å². The maximum atomic E-state index is 15.2. The van der Waals surface area contributed by atoms with E-state index in [1.807, 2.05) is 0 Å². The van der Waals surface area contributed by atoms with Gasteiger partial charge in [0.05, 0.1) is 0 Å². The molecule has 0 radical (unpaired) electrons. The second kappa shape index (κ2) is 11.1. The highest BCUT2D eigenvalue weighted by Gasteiger charge is 2.79. The lowest BCUT2D eigenvalue weighted by Crippen LogP contribution is -2.62. The summed E-state index contributed by atoms with van der Waals surface area (Å²) in [5.41, 5.74) is -0.338. The second-order valence-electron chi connectivity index (χ2n) is 8.41. The Hall–Kier alpha value is -4.25. The summed E-state index contributed by atoms with van der Waals surface area (Å²) < 4.78 is 94.9. The zero-order chi connectivity index (χ0) is 29.0. The van der Waals surface area contributed by atoms with E-state index in [0.717, 1.165) is 12.1 Å². The third-order valence-electron chi connectivity index (χ3n) is 5.79. The third-order valence-corrected chi connectivity index (χ3v) is 9.00. The molecule has 0 aromatic heterocycles. The zero-order valence-electron chi connectivity index (χ0n) is 20.4. The molecular formula is C29H21F6NO3S. The van der Waals surface area contributed by atoms with Crippen LogP contribution in [0.15, 0.2) is 136 Å². The molecular weight excluding hydrogens is 556 g/mol. The van der Waals surface area contributed by atoms with Crippen molar-refractivity contribution in [1.29, 1.82) is 0 Å². The van der Waals surface area contributed by atoms with Crippen molar-refractivity contribution >= 4 is 27.9 Å². The number of carbonyl (C=O) groups excluding carboxylic acids is 2. The lowest BCUT2D eigenvalue weighted by Gasteiger charge is -2.41. The van der Waals surface area contributed by atoms with Crippen molar-refractivity contribution in [2.75, 3.05) is 5.32 Å². The van der Waals surface area contributed by atoms with Gasteiger partial charge in [-0.3, -0.25) is 4.79 Å². The van der Waals surface area contributed by atoms with Gasteiger partial charge in [0, 0.05) is 20.4 Å². The minimum atomic E-state index is -6.47. The number of halogens is 6. The smallest absolute Gasteiger partial charge is 0.397 e. The molecule has 0 saturated carbocycles. The van der Waals surface area contributed by atoms with Crippen molar-refractivity contribution in [3.05, 3.63) is 121 Å². The molecule has 4 rings (SSSR count). The molecule has 4 aromatic rings. The molecule has 0 bridgehead atoms. The predicted molar refractivity (Wildman–Crippen MR) is 138 cm³/mol. The number of hydrogen-bond acceptors (Lipinski definition) is 3. The van der Waals surface area contributed by atoms with Crippen molar-refractivity contribution < 1.29 is 40.1 Å². The van der Waals surface area contributed by atoms with E-state index in [4.69, 9.17) is 4.18 Å². The molecule has 208 valence electrons. The van der Waals surface area contributed by atoms with Crippen LogP contribution in [-0.2, 0) is 13.8 Å². The molecule has 0 fully saturated rings. The van der Waals surface area contributed by atoms with Gasteiger partial charge in [0.2, 0.25) is 0 Å². The van der Waals surface area contributed by atoms with E-state index < -0.39 is 40.0 Å². The Morgan fingerprint density at radius 2 is 0.900 bits per heavy atom. The van der Waals surface area contributed by atoms with Crippen LogP contribution in [0.5, 0.6) is 0 Å². The van der Waals surface area contributed by atoms with Gasteiger partial charge in [0.25, 0.3) is 0 Å². The first-order valence-corrected chi connectivity index (χ1v) is 13.2. The van der Waals surface area contributed by atoms with Crippen LogP contribution in [0.2, 0.25) is 0 Å². The first-order valence-electron chi connectivity index (χ1n) is 11.7. The van der Waals surface area contributed by atoms with E-state index in [1.54, 1.807) is 18.2 Å². The topological polar surface area (TPSA) is 55.4 Å². The van der Waals surface area contributed by atoms with Gasteiger partial charge in [-0.05, 0) is 58.8 Å². The molecule has 0 unspecified atom stereocenters. The number of para-hydroxylation sites is 1. The van der Waals surface area contributed by atoms with Crippen LogP contribution in [0.4, 0.5) is 32.0 Å². The molecule has 0 aliphatic carbocycles. The summed E-state index contributed by atoms with van der Waals surface area (Å²) >= 11 is 0. The largest absolute Gasteiger partial charge is 0.412 e. The summed E-state index contributed by atoms with van der Waals surface area (Å²) in [5, 5.41) is 1.48. The Morgan fingerprint density at radius 3 is 1.27 bits per heavy atom. The first-order chi connectivity index (χ1) is 18.9. The fraction of sp³-hybridized carbons (Fsp3) is 0.103. The first kappa shape index (κ1) is 28.8. The van der Waals surface area contributed by atoms with E-state index in [9.17, 15) is 27.2 Å². The zero-order valence-corrected chi connectivity index (χ0v) is 21.3. The van der Waals surface area contributed by atoms with Crippen molar-refractivity contribution in [3.63, 3.8) is 0 Å². The van der Waals surface area contributed by atoms with Gasteiger partial charge in [0.15, 0.2) is 0 Å². The summed E-state index contributed by atoms with van der Waals surface area (Å²) in [5.74, 6) is -24.2. The highest BCUT2D eigenvalue weighted by molar-refractivity contribution is 8.30. The standard InChI is InChI=1S/C29H21F6NO3S/c30-27(31,25(37)36-21-13-5-1-6-14-21)29(34,35)28(32,33)26(38)39-40(22-15-7-2-8-16-22,23-17-9-3-10-18-23)24-19-11-4-12-20-24/h1-20H,(H,36,37). The number of amides is 1. The molecule has 1 amide bonds. The highest BCUT2D eigenvalue weighted by atomic mass is 32.3. The van der Waals surface area contributed by atoms with Crippen LogP contribution in [0.25, 0.3) is 0 Å². The number of carbonyl (C=O) groups is 2. The van der Waals surface area contributed by atoms with Crippen LogP contribution in [-0.4, -0.2) is 29.6 Å². The van der Waals surface area contributed by atoms with Gasteiger partial charge in [-0.1, -0.05) is 72.8 Å². The van der Waals surface area contributed by atoms with E-state index >= 15 is 8.78 Å². The normalized spacial score (nSPS) is 12.8. The van der Waals surface area contributed by atoms with Crippen molar-refractivity contribution in [1.82, 2.24) is 0 Å². The molecule has 11 heteroatoms. The van der Waals surface area contributed by atoms with Gasteiger partial charge in [-0.2, -0.15) is 26.3 Å². The summed E-state index contributed by atoms with van der Waals surface area (Å²) in [6, 6.07) is 28.8. The average Bonchev–Trinajstić information content (AvgIpc) is 2.97. The molecule has 0 spiro atoms. The third kappa shape index (κ3) is 5.04. The van der Waals surface area contributed by atoms with E-state index in [0.29, 0.717) is 0 Å². The van der Waals surface area contributed by atoms with Crippen molar-refractivity contribution in [2.24, 2.45) is 0 Å². The molecule has 4 aromatic carbocycles. The van der Waals surface area contributed by atoms with Gasteiger partial charge in [-0.15, -0.1) is 0 Å². The quantitative estimate of drug-likeness (QED) is 0.205. The molecule has 4 nitrogen and oxygen atoms in total. The summed E-state index contributed by atoms with van der Waals surface area (Å²) in [7, 11) is -3.50. The van der Waals surface area contributed by atoms with E-state index in [-0.39, 0.29) is 20.4 Å². The molecule has 1 N–H and O–H groups in total. The van der Waals surface area contributed by atoms with Crippen LogP contribution >= 0.6 is 10.3 Å². The molecule has 0 aliphatic rings. The van der Waals surface area contributed by atoms with Crippen molar-refractivity contribution in [3.8, 4) is 0 Å². The van der Waals surface area contributed by atoms with Crippen molar-refractivity contribution in [2.45, 2.75) is 32.5 Å². The molecule has 0 saturated heterocycles. The Bertz CT molecular complexity index is 1360. The van der Waals surface area contributed by atoms with Crippen LogP contribution in [0, 0.1) is 0 Å². The molecule has 0 aliphatic heterocycles. The molecule has 40 heavy (non-hydrogen) atoms. The number of alkyl halides is 6. The SMILES string of the molecule is O=C(Nc1ccccc1)C(F)(F)C(F)(F)C(F)(F)C(=O)OS(c1ccccc1)(c1ccccc1)c1ccccc1. The van der Waals surface area contributed by atoms with Crippen LogP contribution in [0.3, 0.4) is 0 Å². The summed E-state index contributed by atoms with van der Waals surface area (Å²) in [6.45, 7) is 0. The lowest BCUT2D eigenvalue weighted by atomic mass is 10.0. The fourth-order valence-corrected chi connectivity index (χ4v) is 6.81. The second-order valence-corrected chi connectivity index (χ2v) is 11.1. The summed E-state index contributed by atoms with van der Waals surface area (Å²) in [6.07, 6.45) is 0. The highest BCUT2D eigenvalue weighted by Crippen LogP contribution is 2.69. The van der Waals surface area contributed by atoms with Crippen LogP contribution < -0.4 is 5.32 Å². The number of rotatable bonds is 9. The Morgan fingerprint density at radius 1 is 0.550 bits per heavy atom. The monoisotopic (exact) mass is 577 g/mol. The van der Waals surface area contributed by atoms with Gasteiger partial charge in [-0.25, -0.2) is 4.79 Å². The number of hydrogen-bond donors (Lipinski definition) is 1. The number of nitrogens with one attached hydrogen (secondary N) is 1. The lowest BCUT2D eigenvalue weighted by molar-refractivity contribution is -0.290. The van der Waals surface area contributed by atoms with E-state index in [2.05, 4.69) is 0 Å². The minimum absolute atomic E-state index is 0.161. The maximum absolute atomic E-state index is 15.2. The molecule has 0 atom stereocenters. The number of anilines is 1. The summed E-state index contributed by atoms with van der Waals surface area (Å²) in [4.78, 5) is 25.5. The van der Waals surface area contributed by atoms with E-state index in [1.165, 1.54) is 96.3 Å². The Kier molecular flexibility index (Phi) is 7.97. The average molecular weight is 578 g/mol. The van der Waals surface area contributed by atoms with Gasteiger partial charge >= 0.3 is 29.6 Å². The predicted octanol–water partition coefficient (Wildman–Crippen LogP) is 7.97. The minimum Gasteiger partial charge on any atom is -0.397 e. The maximum Gasteiger partial charge on any atom is 0.412 e.